The Hall–Kier alpha value is -3.53. The largest absolute Gasteiger partial charge is 0.375 e. The normalized spacial score (nSPS) is 11.3. The number of anilines is 2. The molecular weight excluding hydrogens is 432 g/mol. The third-order valence-corrected chi connectivity index (χ3v) is 6.40. The van der Waals surface area contributed by atoms with Crippen LogP contribution in [0.25, 0.3) is 22.4 Å². The summed E-state index contributed by atoms with van der Waals surface area (Å²) in [5.74, 6) is -0.328. The second-order valence-corrected chi connectivity index (χ2v) is 9.23. The van der Waals surface area contributed by atoms with E-state index in [1.807, 2.05) is 30.3 Å². The predicted octanol–water partition coefficient (Wildman–Crippen LogP) is 3.96. The van der Waals surface area contributed by atoms with Crippen LogP contribution in [0.3, 0.4) is 0 Å². The summed E-state index contributed by atoms with van der Waals surface area (Å²) in [6.07, 6.45) is 0. The van der Waals surface area contributed by atoms with Gasteiger partial charge in [-0.3, -0.25) is 4.79 Å². The number of primary sulfonamides is 1. The van der Waals surface area contributed by atoms with Crippen molar-refractivity contribution < 1.29 is 13.2 Å². The lowest BCUT2D eigenvalue weighted by Gasteiger charge is -2.10. The van der Waals surface area contributed by atoms with Crippen molar-refractivity contribution in [1.29, 1.82) is 0 Å². The van der Waals surface area contributed by atoms with Crippen molar-refractivity contribution >= 4 is 38.1 Å². The summed E-state index contributed by atoms with van der Waals surface area (Å²) in [5, 5.41) is 8.46. The van der Waals surface area contributed by atoms with Gasteiger partial charge < -0.3 is 11.1 Å². The van der Waals surface area contributed by atoms with Crippen LogP contribution in [0.5, 0.6) is 0 Å². The molecule has 1 aromatic heterocycles. The zero-order valence-electron chi connectivity index (χ0n) is 16.1. The number of carbonyl (C=O) groups excluding carboxylic acids is 1. The Labute approximate surface area is 183 Å². The number of nitrogens with one attached hydrogen (secondary N) is 1. The van der Waals surface area contributed by atoms with Gasteiger partial charge in [-0.1, -0.05) is 72.0 Å². The fourth-order valence-electron chi connectivity index (χ4n) is 3.16. The molecule has 31 heavy (non-hydrogen) atoms. The molecule has 9 heteroatoms. The van der Waals surface area contributed by atoms with Crippen LogP contribution < -0.4 is 16.2 Å². The Balaban J connectivity index is 1.60. The van der Waals surface area contributed by atoms with E-state index in [4.69, 9.17) is 10.9 Å². The number of sulfonamides is 1. The highest BCUT2D eigenvalue weighted by Gasteiger charge is 2.19. The number of rotatable bonds is 5. The van der Waals surface area contributed by atoms with Crippen molar-refractivity contribution in [2.45, 2.75) is 4.90 Å². The smallest absolute Gasteiger partial charge is 0.268 e. The second kappa shape index (κ2) is 8.31. The number of nitrogens with zero attached hydrogens (tertiary/aromatic N) is 1. The van der Waals surface area contributed by atoms with Crippen LogP contribution in [-0.2, 0) is 10.0 Å². The first-order chi connectivity index (χ1) is 14.8. The molecule has 4 rings (SSSR count). The first kappa shape index (κ1) is 20.7. The predicted molar refractivity (Wildman–Crippen MR) is 123 cm³/mol. The molecule has 5 N–H and O–H groups in total. The lowest BCUT2D eigenvalue weighted by molar-refractivity contribution is 0.103. The fraction of sp³-hybridized carbons (Fsp3) is 0. The Morgan fingerprint density at radius 1 is 0.871 bits per heavy atom. The van der Waals surface area contributed by atoms with Crippen LogP contribution in [0.2, 0.25) is 0 Å². The van der Waals surface area contributed by atoms with Gasteiger partial charge in [0.25, 0.3) is 5.91 Å². The van der Waals surface area contributed by atoms with E-state index in [0.717, 1.165) is 16.9 Å². The molecular formula is C22H18N4O3S2. The molecule has 1 heterocycles. The van der Waals surface area contributed by atoms with Gasteiger partial charge in [0.2, 0.25) is 10.0 Å². The van der Waals surface area contributed by atoms with Gasteiger partial charge >= 0.3 is 0 Å². The van der Waals surface area contributed by atoms with Gasteiger partial charge in [-0.05, 0) is 23.8 Å². The van der Waals surface area contributed by atoms with E-state index < -0.39 is 10.0 Å². The van der Waals surface area contributed by atoms with E-state index >= 15 is 0 Å². The van der Waals surface area contributed by atoms with E-state index in [2.05, 4.69) is 10.3 Å². The molecule has 0 fully saturated rings. The average molecular weight is 451 g/mol. The molecule has 7 nitrogen and oxygen atoms in total. The van der Waals surface area contributed by atoms with Crippen LogP contribution in [0, 0.1) is 0 Å². The summed E-state index contributed by atoms with van der Waals surface area (Å²) < 4.78 is 23.7. The van der Waals surface area contributed by atoms with Crippen molar-refractivity contribution in [2.24, 2.45) is 5.14 Å². The molecule has 0 saturated heterocycles. The monoisotopic (exact) mass is 450 g/mol. The Morgan fingerprint density at radius 2 is 1.52 bits per heavy atom. The second-order valence-electron chi connectivity index (χ2n) is 6.67. The van der Waals surface area contributed by atoms with Gasteiger partial charge in [0.1, 0.15) is 4.88 Å². The topological polar surface area (TPSA) is 128 Å². The first-order valence-electron chi connectivity index (χ1n) is 9.18. The maximum Gasteiger partial charge on any atom is 0.268 e. The van der Waals surface area contributed by atoms with Crippen LogP contribution >= 0.6 is 11.3 Å². The zero-order chi connectivity index (χ0) is 22.0. The zero-order valence-corrected chi connectivity index (χ0v) is 17.8. The van der Waals surface area contributed by atoms with Gasteiger partial charge in [0.15, 0.2) is 5.13 Å². The number of nitrogens with two attached hydrogens (primary N) is 2. The van der Waals surface area contributed by atoms with Crippen LogP contribution in [0.1, 0.15) is 9.67 Å². The minimum absolute atomic E-state index is 0.0411. The maximum absolute atomic E-state index is 12.9. The van der Waals surface area contributed by atoms with E-state index in [-0.39, 0.29) is 10.8 Å². The number of nitrogen functional groups attached to an aromatic ring is 1. The Morgan fingerprint density at radius 3 is 2.19 bits per heavy atom. The van der Waals surface area contributed by atoms with Gasteiger partial charge in [-0.25, -0.2) is 18.5 Å². The highest BCUT2D eigenvalue weighted by atomic mass is 32.2. The van der Waals surface area contributed by atoms with Gasteiger partial charge in [0, 0.05) is 16.8 Å². The number of aromatic nitrogens is 1. The van der Waals surface area contributed by atoms with Crippen LogP contribution in [-0.4, -0.2) is 19.3 Å². The van der Waals surface area contributed by atoms with Crippen molar-refractivity contribution in [3.63, 3.8) is 0 Å². The molecule has 0 unspecified atom stereocenters. The molecule has 0 saturated carbocycles. The molecule has 156 valence electrons. The molecule has 1 amide bonds. The molecule has 0 bridgehead atoms. The molecule has 0 aliphatic heterocycles. The maximum atomic E-state index is 12.9. The molecule has 0 aliphatic rings. The SMILES string of the molecule is Nc1nc(-c2ccccc2)c(C(=O)Nc2ccc(-c3ccccc3S(N)(=O)=O)cc2)s1. The van der Waals surface area contributed by atoms with E-state index in [0.29, 0.717) is 32.5 Å². The third kappa shape index (κ3) is 4.48. The average Bonchev–Trinajstić information content (AvgIpc) is 3.16. The minimum Gasteiger partial charge on any atom is -0.375 e. The summed E-state index contributed by atoms with van der Waals surface area (Å²) in [6, 6.07) is 22.7. The number of hydrogen-bond donors (Lipinski definition) is 3. The molecule has 0 aliphatic carbocycles. The summed E-state index contributed by atoms with van der Waals surface area (Å²) in [5.41, 5.74) is 8.88. The number of benzene rings is 3. The van der Waals surface area contributed by atoms with Crippen LogP contribution in [0.4, 0.5) is 10.8 Å². The Bertz CT molecular complexity index is 1350. The molecule has 0 radical (unpaired) electrons. The Kier molecular flexibility index (Phi) is 5.55. The number of hydrogen-bond acceptors (Lipinski definition) is 6. The summed E-state index contributed by atoms with van der Waals surface area (Å²) in [7, 11) is -3.86. The van der Waals surface area contributed by atoms with Crippen molar-refractivity contribution in [1.82, 2.24) is 4.98 Å². The number of thiazole rings is 1. The van der Waals surface area contributed by atoms with Crippen LogP contribution in [0.15, 0.2) is 83.8 Å². The molecule has 0 atom stereocenters. The third-order valence-electron chi connectivity index (χ3n) is 4.54. The quantitative estimate of drug-likeness (QED) is 0.424. The van der Waals surface area contributed by atoms with Crippen molar-refractivity contribution in [2.75, 3.05) is 11.1 Å². The highest BCUT2D eigenvalue weighted by Crippen LogP contribution is 2.31. The van der Waals surface area contributed by atoms with E-state index in [1.165, 1.54) is 6.07 Å². The fourth-order valence-corrected chi connectivity index (χ4v) is 4.67. The first-order valence-corrected chi connectivity index (χ1v) is 11.5. The van der Waals surface area contributed by atoms with Crippen molar-refractivity contribution in [3.8, 4) is 22.4 Å². The van der Waals surface area contributed by atoms with E-state index in [1.54, 1.807) is 42.5 Å². The lowest BCUT2D eigenvalue weighted by Crippen LogP contribution is -2.13. The van der Waals surface area contributed by atoms with Crippen molar-refractivity contribution in [3.05, 3.63) is 83.7 Å². The lowest BCUT2D eigenvalue weighted by atomic mass is 10.1. The van der Waals surface area contributed by atoms with Gasteiger partial charge in [-0.2, -0.15) is 0 Å². The highest BCUT2D eigenvalue weighted by molar-refractivity contribution is 7.89. The number of carbonyl (C=O) groups is 1. The molecule has 0 spiro atoms. The molecule has 4 aromatic rings. The van der Waals surface area contributed by atoms with Gasteiger partial charge in [-0.15, -0.1) is 0 Å². The van der Waals surface area contributed by atoms with E-state index in [9.17, 15) is 13.2 Å². The standard InChI is InChI=1S/C22H18N4O3S2/c23-22-26-19(15-6-2-1-3-7-15)20(30-22)21(27)25-16-12-10-14(11-13-16)17-8-4-5-9-18(17)31(24,28)29/h1-13H,(H2,23,26)(H,25,27)(H2,24,28,29). The molecule has 3 aromatic carbocycles. The van der Waals surface area contributed by atoms with Gasteiger partial charge in [0.05, 0.1) is 10.6 Å². The summed E-state index contributed by atoms with van der Waals surface area (Å²) in [6.45, 7) is 0. The minimum atomic E-state index is -3.86. The summed E-state index contributed by atoms with van der Waals surface area (Å²) >= 11 is 1.12. The number of amides is 1. The summed E-state index contributed by atoms with van der Waals surface area (Å²) in [4.78, 5) is 17.6.